The first-order valence-corrected chi connectivity index (χ1v) is 10.2. The van der Waals surface area contributed by atoms with E-state index in [-0.39, 0.29) is 17.5 Å². The minimum atomic E-state index is -0.106. The summed E-state index contributed by atoms with van der Waals surface area (Å²) in [5.74, 6) is 2.31. The summed E-state index contributed by atoms with van der Waals surface area (Å²) in [5, 5.41) is 3.73. The first-order chi connectivity index (χ1) is 12.5. The molecule has 0 unspecified atom stereocenters. The number of nitrogens with zero attached hydrogens (tertiary/aromatic N) is 2. The summed E-state index contributed by atoms with van der Waals surface area (Å²) in [6, 6.07) is 5.68. The maximum atomic E-state index is 12.6. The lowest BCUT2D eigenvalue weighted by atomic mass is 9.84. The van der Waals surface area contributed by atoms with Crippen molar-refractivity contribution in [2.24, 2.45) is 17.8 Å². The van der Waals surface area contributed by atoms with E-state index in [4.69, 9.17) is 0 Å². The molecule has 4 atom stereocenters. The third-order valence-electron chi connectivity index (χ3n) is 6.19. The molecule has 1 aromatic heterocycles. The SMILES string of the molecule is C[C@H](NC(=O)CCn1cnc2ccc(Br)cc2c1=O)[C@H]1C[C@H]2CC[C@H]1C2. The van der Waals surface area contributed by atoms with E-state index in [1.165, 1.54) is 36.6 Å². The third-order valence-corrected chi connectivity index (χ3v) is 6.68. The van der Waals surface area contributed by atoms with Crippen molar-refractivity contribution in [2.75, 3.05) is 0 Å². The Balaban J connectivity index is 1.38. The summed E-state index contributed by atoms with van der Waals surface area (Å²) in [4.78, 5) is 29.3. The van der Waals surface area contributed by atoms with Gasteiger partial charge >= 0.3 is 0 Å². The summed E-state index contributed by atoms with van der Waals surface area (Å²) in [6.07, 6.45) is 7.13. The van der Waals surface area contributed by atoms with Gasteiger partial charge in [-0.3, -0.25) is 14.2 Å². The number of aromatic nitrogens is 2. The highest BCUT2D eigenvalue weighted by Gasteiger charge is 2.42. The minimum absolute atomic E-state index is 0.0153. The van der Waals surface area contributed by atoms with E-state index in [2.05, 4.69) is 33.2 Å². The zero-order valence-corrected chi connectivity index (χ0v) is 16.5. The van der Waals surface area contributed by atoms with Crippen molar-refractivity contribution in [1.29, 1.82) is 0 Å². The Kier molecular flexibility index (Phi) is 4.86. The van der Waals surface area contributed by atoms with E-state index in [9.17, 15) is 9.59 Å². The molecule has 2 fully saturated rings. The standard InChI is InChI=1S/C20H24BrN3O2/c1-12(16-9-13-2-3-14(16)8-13)23-19(25)6-7-24-11-22-18-5-4-15(21)10-17(18)20(24)26/h4-5,10-14,16H,2-3,6-9H2,1H3,(H,23,25)/t12-,13-,14-,16+/m0/s1. The van der Waals surface area contributed by atoms with Crippen LogP contribution in [0.15, 0.2) is 33.8 Å². The minimum Gasteiger partial charge on any atom is -0.353 e. The number of carbonyl (C=O) groups excluding carboxylic acids is 1. The highest BCUT2D eigenvalue weighted by molar-refractivity contribution is 9.10. The lowest BCUT2D eigenvalue weighted by Crippen LogP contribution is -2.40. The molecule has 1 N–H and O–H groups in total. The van der Waals surface area contributed by atoms with Crippen LogP contribution in [-0.2, 0) is 11.3 Å². The lowest BCUT2D eigenvalue weighted by Gasteiger charge is -2.28. The highest BCUT2D eigenvalue weighted by Crippen LogP contribution is 2.49. The van der Waals surface area contributed by atoms with E-state index >= 15 is 0 Å². The van der Waals surface area contributed by atoms with Gasteiger partial charge in [0.2, 0.25) is 5.91 Å². The Hall–Kier alpha value is -1.69. The van der Waals surface area contributed by atoms with Crippen LogP contribution in [0.3, 0.4) is 0 Å². The largest absolute Gasteiger partial charge is 0.353 e. The molecule has 4 rings (SSSR count). The molecule has 0 aliphatic heterocycles. The Morgan fingerprint density at radius 1 is 1.38 bits per heavy atom. The summed E-state index contributed by atoms with van der Waals surface area (Å²) in [7, 11) is 0. The Labute approximate surface area is 161 Å². The maximum absolute atomic E-state index is 12.6. The number of nitrogens with one attached hydrogen (secondary N) is 1. The number of benzene rings is 1. The fourth-order valence-electron chi connectivity index (χ4n) is 4.85. The number of carbonyl (C=O) groups is 1. The zero-order chi connectivity index (χ0) is 18.3. The molecule has 2 aliphatic rings. The summed E-state index contributed by atoms with van der Waals surface area (Å²) in [5.41, 5.74) is 0.564. The molecule has 138 valence electrons. The first-order valence-electron chi connectivity index (χ1n) is 9.45. The monoisotopic (exact) mass is 417 g/mol. The summed E-state index contributed by atoms with van der Waals surface area (Å²) in [6.45, 7) is 2.48. The van der Waals surface area contributed by atoms with Crippen molar-refractivity contribution in [3.05, 3.63) is 39.4 Å². The van der Waals surface area contributed by atoms with Crippen LogP contribution >= 0.6 is 15.9 Å². The van der Waals surface area contributed by atoms with Crippen LogP contribution in [0.5, 0.6) is 0 Å². The molecule has 6 heteroatoms. The van der Waals surface area contributed by atoms with Crippen molar-refractivity contribution in [3.8, 4) is 0 Å². The van der Waals surface area contributed by atoms with Crippen LogP contribution in [0.4, 0.5) is 0 Å². The maximum Gasteiger partial charge on any atom is 0.261 e. The van der Waals surface area contributed by atoms with Crippen LogP contribution in [0.2, 0.25) is 0 Å². The molecule has 0 saturated heterocycles. The smallest absolute Gasteiger partial charge is 0.261 e. The van der Waals surface area contributed by atoms with Gasteiger partial charge in [0.05, 0.1) is 17.2 Å². The van der Waals surface area contributed by atoms with Crippen LogP contribution in [0.25, 0.3) is 10.9 Å². The molecular weight excluding hydrogens is 394 g/mol. The lowest BCUT2D eigenvalue weighted by molar-refractivity contribution is -0.122. The topological polar surface area (TPSA) is 64.0 Å². The molecule has 5 nitrogen and oxygen atoms in total. The van der Waals surface area contributed by atoms with Crippen molar-refractivity contribution in [2.45, 2.75) is 51.6 Å². The van der Waals surface area contributed by atoms with Crippen molar-refractivity contribution >= 4 is 32.7 Å². The second-order valence-corrected chi connectivity index (χ2v) is 8.77. The number of hydrogen-bond donors (Lipinski definition) is 1. The van der Waals surface area contributed by atoms with Crippen molar-refractivity contribution < 1.29 is 4.79 Å². The zero-order valence-electron chi connectivity index (χ0n) is 15.0. The average molecular weight is 418 g/mol. The van der Waals surface area contributed by atoms with Gasteiger partial charge in [-0.25, -0.2) is 4.98 Å². The van der Waals surface area contributed by atoms with Crippen molar-refractivity contribution in [3.63, 3.8) is 0 Å². The molecule has 2 aromatic rings. The number of hydrogen-bond acceptors (Lipinski definition) is 3. The molecule has 0 radical (unpaired) electrons. The fourth-order valence-corrected chi connectivity index (χ4v) is 5.21. The molecule has 1 heterocycles. The van der Waals surface area contributed by atoms with Gasteiger partial charge in [0, 0.05) is 23.5 Å². The van der Waals surface area contributed by atoms with Gasteiger partial charge in [0.1, 0.15) is 0 Å². The van der Waals surface area contributed by atoms with Gasteiger partial charge in [-0.2, -0.15) is 0 Å². The van der Waals surface area contributed by atoms with Crippen LogP contribution < -0.4 is 10.9 Å². The van der Waals surface area contributed by atoms with Gasteiger partial charge < -0.3 is 5.32 Å². The third kappa shape index (κ3) is 3.43. The first kappa shape index (κ1) is 17.7. The molecule has 1 aromatic carbocycles. The van der Waals surface area contributed by atoms with Gasteiger partial charge in [-0.05, 0) is 62.1 Å². The number of amides is 1. The van der Waals surface area contributed by atoms with Crippen LogP contribution in [0, 0.1) is 17.8 Å². The van der Waals surface area contributed by atoms with Gasteiger partial charge in [-0.1, -0.05) is 22.4 Å². The molecular formula is C20H24BrN3O2. The van der Waals surface area contributed by atoms with Crippen LogP contribution in [-0.4, -0.2) is 21.5 Å². The number of aryl methyl sites for hydroxylation is 1. The number of halogens is 1. The molecule has 0 spiro atoms. The molecule has 1 amide bonds. The Morgan fingerprint density at radius 2 is 2.23 bits per heavy atom. The van der Waals surface area contributed by atoms with Gasteiger partial charge in [-0.15, -0.1) is 0 Å². The summed E-state index contributed by atoms with van der Waals surface area (Å²) >= 11 is 3.39. The quantitative estimate of drug-likeness (QED) is 0.809. The van der Waals surface area contributed by atoms with Gasteiger partial charge in [0.15, 0.2) is 0 Å². The average Bonchev–Trinajstić information content (AvgIpc) is 3.25. The van der Waals surface area contributed by atoms with Gasteiger partial charge in [0.25, 0.3) is 5.56 Å². The van der Waals surface area contributed by atoms with E-state index in [0.717, 1.165) is 16.3 Å². The second kappa shape index (κ2) is 7.14. The molecule has 2 bridgehead atoms. The number of fused-ring (bicyclic) bond motifs is 3. The fraction of sp³-hybridized carbons (Fsp3) is 0.550. The van der Waals surface area contributed by atoms with Crippen LogP contribution in [0.1, 0.15) is 39.0 Å². The van der Waals surface area contributed by atoms with E-state index in [0.29, 0.717) is 29.8 Å². The highest BCUT2D eigenvalue weighted by atomic mass is 79.9. The predicted molar refractivity (Wildman–Crippen MR) is 105 cm³/mol. The molecule has 2 saturated carbocycles. The Morgan fingerprint density at radius 3 is 2.96 bits per heavy atom. The number of rotatable bonds is 5. The normalized spacial score (nSPS) is 25.5. The Bertz CT molecular complexity index is 894. The predicted octanol–water partition coefficient (Wildman–Crippen LogP) is 3.49. The second-order valence-electron chi connectivity index (χ2n) is 7.85. The van der Waals surface area contributed by atoms with E-state index in [1.807, 2.05) is 12.1 Å². The molecule has 26 heavy (non-hydrogen) atoms. The van der Waals surface area contributed by atoms with E-state index < -0.39 is 0 Å². The van der Waals surface area contributed by atoms with Crippen molar-refractivity contribution in [1.82, 2.24) is 14.9 Å². The van der Waals surface area contributed by atoms with E-state index in [1.54, 1.807) is 6.07 Å². The molecule has 2 aliphatic carbocycles. The summed E-state index contributed by atoms with van der Waals surface area (Å²) < 4.78 is 2.37.